The van der Waals surface area contributed by atoms with E-state index in [-0.39, 0.29) is 0 Å². The van der Waals surface area contributed by atoms with Gasteiger partial charge in [0.05, 0.1) is 0 Å². The molecule has 0 radical (unpaired) electrons. The Morgan fingerprint density at radius 1 is 1.38 bits per heavy atom. The van der Waals surface area contributed by atoms with Gasteiger partial charge in [-0.1, -0.05) is 0 Å². The fraction of sp³-hybridized carbons (Fsp3) is 0.250. The minimum Gasteiger partial charge on any atom is -0.305 e. The summed E-state index contributed by atoms with van der Waals surface area (Å²) in [4.78, 5) is 5.35. The Kier molecular flexibility index (Phi) is 4.09. The van der Waals surface area contributed by atoms with E-state index in [2.05, 4.69) is 44.6 Å². The van der Waals surface area contributed by atoms with E-state index in [0.717, 1.165) is 6.54 Å². The zero-order chi connectivity index (χ0) is 11.4. The van der Waals surface area contributed by atoms with Crippen molar-refractivity contribution in [1.29, 1.82) is 0 Å². The minimum atomic E-state index is 0.344. The van der Waals surface area contributed by atoms with Gasteiger partial charge in [-0.25, -0.2) is 0 Å². The summed E-state index contributed by atoms with van der Waals surface area (Å²) in [6, 6.07) is 6.51. The Balaban J connectivity index is 1.94. The summed E-state index contributed by atoms with van der Waals surface area (Å²) in [5, 5.41) is 5.59. The third-order valence-electron chi connectivity index (χ3n) is 2.47. The van der Waals surface area contributed by atoms with Crippen molar-refractivity contribution in [1.82, 2.24) is 10.3 Å². The monoisotopic (exact) mass is 296 g/mol. The molecule has 0 aromatic carbocycles. The van der Waals surface area contributed by atoms with E-state index in [9.17, 15) is 0 Å². The van der Waals surface area contributed by atoms with Gasteiger partial charge < -0.3 is 5.32 Å². The Hall–Kier alpha value is -0.710. The predicted octanol–water partition coefficient (Wildman–Crippen LogP) is 3.76. The molecule has 2 nitrogen and oxygen atoms in total. The molecular weight excluding hydrogens is 284 g/mol. The summed E-state index contributed by atoms with van der Waals surface area (Å²) >= 11 is 5.30. The predicted molar refractivity (Wildman–Crippen MR) is 71.5 cm³/mol. The van der Waals surface area contributed by atoms with Gasteiger partial charge in [0.15, 0.2) is 0 Å². The van der Waals surface area contributed by atoms with Gasteiger partial charge in [-0.05, 0) is 52.0 Å². The molecule has 0 saturated heterocycles. The van der Waals surface area contributed by atoms with E-state index in [4.69, 9.17) is 0 Å². The van der Waals surface area contributed by atoms with E-state index < -0.39 is 0 Å². The second-order valence-electron chi connectivity index (χ2n) is 3.57. The van der Waals surface area contributed by atoms with Crippen molar-refractivity contribution < 1.29 is 0 Å². The highest BCUT2D eigenvalue weighted by Crippen LogP contribution is 2.23. The smallest absolute Gasteiger partial charge is 0.0327 e. The number of hydrogen-bond donors (Lipinski definition) is 1. The lowest BCUT2D eigenvalue weighted by Gasteiger charge is -2.13. The van der Waals surface area contributed by atoms with E-state index in [1.54, 1.807) is 11.3 Å². The second-order valence-corrected chi connectivity index (χ2v) is 5.43. The van der Waals surface area contributed by atoms with Crippen LogP contribution < -0.4 is 5.32 Å². The number of nitrogens with zero attached hydrogens (tertiary/aromatic N) is 1. The van der Waals surface area contributed by atoms with Gasteiger partial charge in [-0.15, -0.1) is 11.3 Å². The van der Waals surface area contributed by atoms with Crippen LogP contribution in [-0.2, 0) is 6.54 Å². The van der Waals surface area contributed by atoms with Crippen molar-refractivity contribution in [2.24, 2.45) is 0 Å². The first-order valence-electron chi connectivity index (χ1n) is 5.12. The molecule has 2 rings (SSSR count). The molecule has 1 unspecified atom stereocenters. The van der Waals surface area contributed by atoms with Crippen molar-refractivity contribution in [3.63, 3.8) is 0 Å². The number of rotatable bonds is 4. The molecule has 2 aromatic heterocycles. The lowest BCUT2D eigenvalue weighted by molar-refractivity contribution is 0.577. The minimum absolute atomic E-state index is 0.344. The number of hydrogen-bond acceptors (Lipinski definition) is 3. The molecule has 84 valence electrons. The lowest BCUT2D eigenvalue weighted by Crippen LogP contribution is -2.17. The van der Waals surface area contributed by atoms with E-state index in [0.29, 0.717) is 6.04 Å². The van der Waals surface area contributed by atoms with Crippen molar-refractivity contribution in [3.05, 3.63) is 50.9 Å². The summed E-state index contributed by atoms with van der Waals surface area (Å²) in [6.45, 7) is 3.05. The van der Waals surface area contributed by atoms with Crippen molar-refractivity contribution in [2.75, 3.05) is 0 Å². The Morgan fingerprint density at radius 2 is 2.12 bits per heavy atom. The number of thiophene rings is 1. The van der Waals surface area contributed by atoms with Crippen molar-refractivity contribution in [2.45, 2.75) is 19.5 Å². The Labute approximate surface area is 108 Å². The van der Waals surface area contributed by atoms with Gasteiger partial charge in [0.25, 0.3) is 0 Å². The fourth-order valence-electron chi connectivity index (χ4n) is 1.47. The molecule has 0 spiro atoms. The third kappa shape index (κ3) is 2.90. The van der Waals surface area contributed by atoms with Crippen LogP contribution in [-0.4, -0.2) is 4.98 Å². The fourth-order valence-corrected chi connectivity index (χ4v) is 2.91. The Bertz CT molecular complexity index is 441. The van der Waals surface area contributed by atoms with Crippen molar-refractivity contribution >= 4 is 27.3 Å². The first kappa shape index (κ1) is 11.8. The average molecular weight is 297 g/mol. The van der Waals surface area contributed by atoms with Crippen LogP contribution in [0, 0.1) is 0 Å². The maximum Gasteiger partial charge on any atom is 0.0327 e. The molecule has 2 aromatic rings. The maximum absolute atomic E-state index is 4.02. The van der Waals surface area contributed by atoms with Crippen LogP contribution in [0.1, 0.15) is 23.4 Å². The molecule has 0 aliphatic rings. The summed E-state index contributed by atoms with van der Waals surface area (Å²) in [5.41, 5.74) is 1.27. The molecule has 0 aliphatic heterocycles. The normalized spacial score (nSPS) is 12.6. The highest BCUT2D eigenvalue weighted by molar-refractivity contribution is 9.10. The summed E-state index contributed by atoms with van der Waals surface area (Å²) in [6.07, 6.45) is 3.66. The van der Waals surface area contributed by atoms with Crippen LogP contribution >= 0.6 is 27.3 Å². The number of aromatic nitrogens is 1. The first-order valence-corrected chi connectivity index (χ1v) is 6.80. The molecule has 16 heavy (non-hydrogen) atoms. The molecule has 0 amide bonds. The highest BCUT2D eigenvalue weighted by atomic mass is 79.9. The zero-order valence-electron chi connectivity index (χ0n) is 8.98. The molecule has 0 aliphatic carbocycles. The molecule has 1 atom stereocenters. The average Bonchev–Trinajstić information content (AvgIpc) is 2.73. The lowest BCUT2D eigenvalue weighted by atomic mass is 10.1. The van der Waals surface area contributed by atoms with Gasteiger partial charge in [0, 0.05) is 34.3 Å². The number of pyridine rings is 1. The number of halogens is 1. The van der Waals surface area contributed by atoms with Crippen molar-refractivity contribution in [3.8, 4) is 0 Å². The van der Waals surface area contributed by atoms with Crippen LogP contribution in [0.3, 0.4) is 0 Å². The molecule has 4 heteroatoms. The molecular formula is C12H13BrN2S. The zero-order valence-corrected chi connectivity index (χ0v) is 11.4. The van der Waals surface area contributed by atoms with E-state index in [1.807, 2.05) is 24.5 Å². The summed E-state index contributed by atoms with van der Waals surface area (Å²) in [5.74, 6) is 0. The van der Waals surface area contributed by atoms with Gasteiger partial charge in [-0.2, -0.15) is 0 Å². The van der Waals surface area contributed by atoms with Crippen LogP contribution in [0.15, 0.2) is 40.4 Å². The van der Waals surface area contributed by atoms with Crippen LogP contribution in [0.25, 0.3) is 0 Å². The van der Waals surface area contributed by atoms with E-state index in [1.165, 1.54) is 14.9 Å². The molecule has 0 fully saturated rings. The molecule has 0 bridgehead atoms. The van der Waals surface area contributed by atoms with Gasteiger partial charge in [0.2, 0.25) is 0 Å². The Morgan fingerprint density at radius 3 is 2.75 bits per heavy atom. The molecule has 2 heterocycles. The van der Waals surface area contributed by atoms with Crippen LogP contribution in [0.2, 0.25) is 0 Å². The molecule has 1 N–H and O–H groups in total. The van der Waals surface area contributed by atoms with E-state index >= 15 is 0 Å². The highest BCUT2D eigenvalue weighted by Gasteiger charge is 2.06. The topological polar surface area (TPSA) is 24.9 Å². The third-order valence-corrected chi connectivity index (χ3v) is 4.39. The first-order chi connectivity index (χ1) is 7.77. The maximum atomic E-state index is 4.02. The largest absolute Gasteiger partial charge is 0.305 e. The summed E-state index contributed by atoms with van der Waals surface area (Å²) < 4.78 is 1.19. The standard InChI is InChI=1S/C12H13BrN2S/c1-9(10-2-5-14-6-3-10)15-8-12-11(13)4-7-16-12/h2-7,9,15H,8H2,1H3. The van der Waals surface area contributed by atoms with Crippen LogP contribution in [0.4, 0.5) is 0 Å². The quantitative estimate of drug-likeness (QED) is 0.929. The number of nitrogens with one attached hydrogen (secondary N) is 1. The SMILES string of the molecule is CC(NCc1sccc1Br)c1ccncc1. The summed E-state index contributed by atoms with van der Waals surface area (Å²) in [7, 11) is 0. The van der Waals surface area contributed by atoms with Crippen LogP contribution in [0.5, 0.6) is 0 Å². The van der Waals surface area contributed by atoms with Gasteiger partial charge in [-0.3, -0.25) is 4.98 Å². The molecule has 0 saturated carbocycles. The van der Waals surface area contributed by atoms with Gasteiger partial charge in [0.1, 0.15) is 0 Å². The second kappa shape index (κ2) is 5.57. The van der Waals surface area contributed by atoms with Gasteiger partial charge >= 0.3 is 0 Å².